The van der Waals surface area contributed by atoms with Gasteiger partial charge in [0.05, 0.1) is 0 Å². The van der Waals surface area contributed by atoms with E-state index in [1.807, 2.05) is 6.92 Å². The molecule has 4 nitrogen and oxygen atoms in total. The lowest BCUT2D eigenvalue weighted by molar-refractivity contribution is 0.441. The summed E-state index contributed by atoms with van der Waals surface area (Å²) in [6.07, 6.45) is 3.27. The fraction of sp³-hybridized carbons (Fsp3) is 0.250. The van der Waals surface area contributed by atoms with Gasteiger partial charge in [-0.25, -0.2) is 23.6 Å². The summed E-state index contributed by atoms with van der Waals surface area (Å²) in [5.41, 5.74) is 2.60. The highest BCUT2D eigenvalue weighted by Crippen LogP contribution is 2.23. The Bertz CT molecular complexity index is 559. The predicted molar refractivity (Wildman–Crippen MR) is 63.4 cm³/mol. The quantitative estimate of drug-likeness (QED) is 0.506. The van der Waals surface area contributed by atoms with Gasteiger partial charge < -0.3 is 4.57 Å². The number of benzene rings is 1. The lowest BCUT2D eigenvalue weighted by atomic mass is 10.1. The molecule has 1 aromatic carbocycles. The molecule has 2 rings (SSSR count). The van der Waals surface area contributed by atoms with E-state index in [2.05, 4.69) is 10.4 Å². The van der Waals surface area contributed by atoms with Gasteiger partial charge in [0.2, 0.25) is 0 Å². The number of imidazole rings is 1. The van der Waals surface area contributed by atoms with Crippen molar-refractivity contribution in [2.24, 2.45) is 5.84 Å². The van der Waals surface area contributed by atoms with Crippen LogP contribution in [0.1, 0.15) is 24.4 Å². The van der Waals surface area contributed by atoms with Crippen molar-refractivity contribution in [1.29, 1.82) is 0 Å². The van der Waals surface area contributed by atoms with Crippen molar-refractivity contribution in [2.75, 3.05) is 0 Å². The first-order chi connectivity index (χ1) is 9.08. The Balaban J connectivity index is 2.48. The van der Waals surface area contributed by atoms with Gasteiger partial charge in [-0.05, 0) is 24.6 Å². The van der Waals surface area contributed by atoms with Crippen molar-refractivity contribution in [3.63, 3.8) is 0 Å². The maximum absolute atomic E-state index is 13.2. The molecule has 0 spiro atoms. The minimum atomic E-state index is -1.50. The molecule has 0 aliphatic rings. The van der Waals surface area contributed by atoms with Gasteiger partial charge in [-0.1, -0.05) is 0 Å². The van der Waals surface area contributed by atoms with Crippen molar-refractivity contribution in [2.45, 2.75) is 19.5 Å². The second kappa shape index (κ2) is 5.41. The van der Waals surface area contributed by atoms with Crippen LogP contribution in [-0.4, -0.2) is 9.55 Å². The van der Waals surface area contributed by atoms with Gasteiger partial charge >= 0.3 is 0 Å². The zero-order chi connectivity index (χ0) is 14.0. The van der Waals surface area contributed by atoms with Crippen LogP contribution in [0.4, 0.5) is 13.2 Å². The van der Waals surface area contributed by atoms with Crippen LogP contribution in [0.15, 0.2) is 24.5 Å². The van der Waals surface area contributed by atoms with Crippen LogP contribution in [-0.2, 0) is 6.54 Å². The average Bonchev–Trinajstić information content (AvgIpc) is 2.85. The fourth-order valence-corrected chi connectivity index (χ4v) is 1.91. The number of hydrogen-bond acceptors (Lipinski definition) is 3. The van der Waals surface area contributed by atoms with Gasteiger partial charge in [0, 0.05) is 18.9 Å². The van der Waals surface area contributed by atoms with Crippen LogP contribution >= 0.6 is 0 Å². The molecule has 102 valence electrons. The molecule has 1 aromatic heterocycles. The molecule has 0 saturated carbocycles. The van der Waals surface area contributed by atoms with Crippen molar-refractivity contribution >= 4 is 0 Å². The average molecular weight is 270 g/mol. The molecule has 0 saturated heterocycles. The Hall–Kier alpha value is -1.86. The van der Waals surface area contributed by atoms with Crippen LogP contribution in [0.5, 0.6) is 0 Å². The Kier molecular flexibility index (Phi) is 3.87. The number of aromatic nitrogens is 2. The van der Waals surface area contributed by atoms with Gasteiger partial charge in [0.15, 0.2) is 17.5 Å². The zero-order valence-electron chi connectivity index (χ0n) is 10.2. The number of hydrazine groups is 1. The Labute approximate surface area is 108 Å². The molecule has 1 heterocycles. The van der Waals surface area contributed by atoms with Crippen LogP contribution in [0, 0.1) is 17.5 Å². The summed E-state index contributed by atoms with van der Waals surface area (Å²) in [4.78, 5) is 4.10. The van der Waals surface area contributed by atoms with E-state index in [0.717, 1.165) is 12.1 Å². The van der Waals surface area contributed by atoms with E-state index in [4.69, 9.17) is 5.84 Å². The molecule has 2 aromatic rings. The van der Waals surface area contributed by atoms with Crippen molar-refractivity contribution in [1.82, 2.24) is 15.0 Å². The summed E-state index contributed by atoms with van der Waals surface area (Å²) >= 11 is 0. The second-order valence-electron chi connectivity index (χ2n) is 3.97. The van der Waals surface area contributed by atoms with Crippen LogP contribution in [0.3, 0.4) is 0 Å². The summed E-state index contributed by atoms with van der Waals surface area (Å²) in [5, 5.41) is 0. The first-order valence-corrected chi connectivity index (χ1v) is 5.70. The van der Waals surface area contributed by atoms with E-state index >= 15 is 0 Å². The molecule has 0 aliphatic carbocycles. The summed E-state index contributed by atoms with van der Waals surface area (Å²) in [5.74, 6) is 1.89. The Morgan fingerprint density at radius 3 is 2.47 bits per heavy atom. The van der Waals surface area contributed by atoms with E-state index in [1.165, 1.54) is 0 Å². The number of nitrogens with zero attached hydrogens (tertiary/aromatic N) is 2. The van der Waals surface area contributed by atoms with Gasteiger partial charge in [0.1, 0.15) is 11.9 Å². The molecule has 1 unspecified atom stereocenters. The van der Waals surface area contributed by atoms with Gasteiger partial charge in [-0.3, -0.25) is 5.84 Å². The van der Waals surface area contributed by atoms with Crippen LogP contribution < -0.4 is 11.3 Å². The van der Waals surface area contributed by atoms with Gasteiger partial charge in [-0.2, -0.15) is 0 Å². The highest BCUT2D eigenvalue weighted by atomic mass is 19.2. The summed E-state index contributed by atoms with van der Waals surface area (Å²) in [7, 11) is 0. The van der Waals surface area contributed by atoms with Crippen molar-refractivity contribution < 1.29 is 13.2 Å². The minimum absolute atomic E-state index is 0.166. The number of hydrogen-bond donors (Lipinski definition) is 2. The molecule has 0 fully saturated rings. The molecule has 0 amide bonds. The smallest absolute Gasteiger partial charge is 0.194 e. The third kappa shape index (κ3) is 2.47. The fourth-order valence-electron chi connectivity index (χ4n) is 1.91. The lowest BCUT2D eigenvalue weighted by Crippen LogP contribution is -2.31. The van der Waals surface area contributed by atoms with Gasteiger partial charge in [0.25, 0.3) is 0 Å². The number of nitrogens with one attached hydrogen (secondary N) is 1. The maximum Gasteiger partial charge on any atom is 0.194 e. The van der Waals surface area contributed by atoms with Gasteiger partial charge in [-0.15, -0.1) is 0 Å². The van der Waals surface area contributed by atoms with E-state index < -0.39 is 23.5 Å². The first-order valence-electron chi connectivity index (χ1n) is 5.70. The molecule has 0 radical (unpaired) electrons. The normalized spacial score (nSPS) is 12.7. The number of aryl methyl sites for hydroxylation is 1. The standard InChI is InChI=1S/C12H13F3N4/c1-2-19-4-3-17-12(19)11(18-16)7-5-8(13)10(15)9(14)6-7/h3-6,11,18H,2,16H2,1H3. The maximum atomic E-state index is 13.2. The molecule has 0 bridgehead atoms. The topological polar surface area (TPSA) is 55.9 Å². The van der Waals surface area contributed by atoms with E-state index in [0.29, 0.717) is 12.4 Å². The largest absolute Gasteiger partial charge is 0.334 e. The third-order valence-electron chi connectivity index (χ3n) is 2.85. The summed E-state index contributed by atoms with van der Waals surface area (Å²) in [6, 6.07) is 1.08. The van der Waals surface area contributed by atoms with Crippen LogP contribution in [0.2, 0.25) is 0 Å². The molecule has 3 N–H and O–H groups in total. The molecular formula is C12H13F3N4. The minimum Gasteiger partial charge on any atom is -0.334 e. The molecule has 1 atom stereocenters. The molecule has 0 aliphatic heterocycles. The highest BCUT2D eigenvalue weighted by Gasteiger charge is 2.21. The predicted octanol–water partition coefficient (Wildman–Crippen LogP) is 1.87. The highest BCUT2D eigenvalue weighted by molar-refractivity contribution is 5.27. The molecule has 19 heavy (non-hydrogen) atoms. The Morgan fingerprint density at radius 2 is 1.95 bits per heavy atom. The van der Waals surface area contributed by atoms with Crippen LogP contribution in [0.25, 0.3) is 0 Å². The third-order valence-corrected chi connectivity index (χ3v) is 2.85. The first kappa shape index (κ1) is 13.6. The van der Waals surface area contributed by atoms with Crippen molar-refractivity contribution in [3.8, 4) is 0 Å². The molecular weight excluding hydrogens is 257 g/mol. The zero-order valence-corrected chi connectivity index (χ0v) is 10.2. The number of halogens is 3. The summed E-state index contributed by atoms with van der Waals surface area (Å²) < 4.78 is 41.2. The SMILES string of the molecule is CCn1ccnc1C(NN)c1cc(F)c(F)c(F)c1. The molecule has 7 heteroatoms. The van der Waals surface area contributed by atoms with E-state index in [9.17, 15) is 13.2 Å². The summed E-state index contributed by atoms with van der Waals surface area (Å²) in [6.45, 7) is 2.52. The number of rotatable bonds is 4. The monoisotopic (exact) mass is 270 g/mol. The Morgan fingerprint density at radius 1 is 1.32 bits per heavy atom. The van der Waals surface area contributed by atoms with Crippen molar-refractivity contribution in [3.05, 3.63) is 53.4 Å². The van der Waals surface area contributed by atoms with E-state index in [-0.39, 0.29) is 5.56 Å². The van der Waals surface area contributed by atoms with E-state index in [1.54, 1.807) is 17.0 Å². The second-order valence-corrected chi connectivity index (χ2v) is 3.97. The number of nitrogens with two attached hydrogens (primary N) is 1. The lowest BCUT2D eigenvalue weighted by Gasteiger charge is -2.17.